The van der Waals surface area contributed by atoms with E-state index in [4.69, 9.17) is 0 Å². The zero-order valence-electron chi connectivity index (χ0n) is 13.3. The molecule has 0 bridgehead atoms. The Bertz CT molecular complexity index is 752. The molecule has 23 heavy (non-hydrogen) atoms. The summed E-state index contributed by atoms with van der Waals surface area (Å²) in [6.07, 6.45) is 2.41. The second-order valence-electron chi connectivity index (χ2n) is 5.70. The molecule has 1 atom stereocenters. The highest BCUT2D eigenvalue weighted by Gasteiger charge is 2.30. The van der Waals surface area contributed by atoms with E-state index in [1.54, 1.807) is 15.1 Å². The van der Waals surface area contributed by atoms with E-state index in [0.717, 1.165) is 12.2 Å². The molecule has 5 nitrogen and oxygen atoms in total. The molecule has 1 saturated heterocycles. The maximum absolute atomic E-state index is 12.8. The van der Waals surface area contributed by atoms with Crippen molar-refractivity contribution in [1.29, 1.82) is 0 Å². The van der Waals surface area contributed by atoms with Crippen molar-refractivity contribution in [2.75, 3.05) is 18.8 Å². The van der Waals surface area contributed by atoms with Gasteiger partial charge in [-0.1, -0.05) is 30.3 Å². The third kappa shape index (κ3) is 3.46. The summed E-state index contributed by atoms with van der Waals surface area (Å²) < 4.78 is 28.9. The van der Waals surface area contributed by atoms with Crippen molar-refractivity contribution in [3.8, 4) is 0 Å². The predicted molar refractivity (Wildman–Crippen MR) is 93.0 cm³/mol. The number of hydrogen-bond acceptors (Lipinski definition) is 4. The Morgan fingerprint density at radius 1 is 1.22 bits per heavy atom. The molecule has 0 N–H and O–H groups in total. The van der Waals surface area contributed by atoms with Gasteiger partial charge >= 0.3 is 0 Å². The highest BCUT2D eigenvalue weighted by Crippen LogP contribution is 2.35. The first kappa shape index (κ1) is 16.5. The van der Waals surface area contributed by atoms with Crippen LogP contribution < -0.4 is 0 Å². The van der Waals surface area contributed by atoms with Crippen LogP contribution in [0.2, 0.25) is 0 Å². The van der Waals surface area contributed by atoms with Crippen molar-refractivity contribution in [3.63, 3.8) is 0 Å². The van der Waals surface area contributed by atoms with Crippen LogP contribution in [0.3, 0.4) is 0 Å². The molecular weight excluding hydrogens is 330 g/mol. The maximum Gasteiger partial charge on any atom is 0.262 e. The molecular formula is C16H21N3O2S2. The fraction of sp³-hybridized carbons (Fsp3) is 0.438. The first-order chi connectivity index (χ1) is 11.0. The zero-order valence-corrected chi connectivity index (χ0v) is 15.0. The summed E-state index contributed by atoms with van der Waals surface area (Å²) in [6.45, 7) is 2.87. The molecule has 124 valence electrons. The van der Waals surface area contributed by atoms with Gasteiger partial charge in [-0.3, -0.25) is 0 Å². The van der Waals surface area contributed by atoms with Gasteiger partial charge in [0.05, 0.1) is 0 Å². The van der Waals surface area contributed by atoms with Crippen LogP contribution in [0.15, 0.2) is 41.6 Å². The molecule has 1 unspecified atom stereocenters. The molecule has 1 aromatic carbocycles. The first-order valence-electron chi connectivity index (χ1n) is 7.65. The predicted octanol–water partition coefficient (Wildman–Crippen LogP) is 2.60. The van der Waals surface area contributed by atoms with Gasteiger partial charge in [0.1, 0.15) is 5.82 Å². The van der Waals surface area contributed by atoms with Crippen molar-refractivity contribution in [2.24, 2.45) is 7.05 Å². The van der Waals surface area contributed by atoms with Crippen LogP contribution in [-0.4, -0.2) is 41.1 Å². The van der Waals surface area contributed by atoms with Crippen LogP contribution in [0.25, 0.3) is 0 Å². The lowest BCUT2D eigenvalue weighted by atomic mass is 10.1. The Labute approximate surface area is 141 Å². The number of imidazole rings is 1. The van der Waals surface area contributed by atoms with Gasteiger partial charge in [0, 0.05) is 37.3 Å². The van der Waals surface area contributed by atoms with Crippen molar-refractivity contribution in [1.82, 2.24) is 13.9 Å². The molecule has 7 heteroatoms. The third-order valence-electron chi connectivity index (χ3n) is 4.16. The molecule has 1 fully saturated rings. The lowest BCUT2D eigenvalue weighted by Crippen LogP contribution is -2.33. The number of rotatable bonds is 3. The summed E-state index contributed by atoms with van der Waals surface area (Å²) >= 11 is 1.83. The average Bonchev–Trinajstić information content (AvgIpc) is 2.77. The summed E-state index contributed by atoms with van der Waals surface area (Å²) in [5.74, 6) is 1.50. The SMILES string of the molecule is Cc1nc(S(=O)(=O)N2CCSC(c3ccccc3)CC2)cn1C. The average molecular weight is 351 g/mol. The summed E-state index contributed by atoms with van der Waals surface area (Å²) in [5.41, 5.74) is 1.27. The van der Waals surface area contributed by atoms with Gasteiger partial charge < -0.3 is 4.57 Å². The van der Waals surface area contributed by atoms with E-state index >= 15 is 0 Å². The molecule has 1 aliphatic rings. The van der Waals surface area contributed by atoms with Crippen molar-refractivity contribution in [2.45, 2.75) is 23.6 Å². The zero-order chi connectivity index (χ0) is 16.4. The van der Waals surface area contributed by atoms with Gasteiger partial charge in [0.2, 0.25) is 0 Å². The molecule has 2 aromatic rings. The highest BCUT2D eigenvalue weighted by molar-refractivity contribution is 7.99. The molecule has 0 saturated carbocycles. The van der Waals surface area contributed by atoms with Gasteiger partial charge in [-0.2, -0.15) is 16.1 Å². The molecule has 3 rings (SSSR count). The second-order valence-corrected chi connectivity index (χ2v) is 8.90. The fourth-order valence-electron chi connectivity index (χ4n) is 2.71. The fourth-order valence-corrected chi connectivity index (χ4v) is 5.54. The monoisotopic (exact) mass is 351 g/mol. The van der Waals surface area contributed by atoms with Crippen LogP contribution in [-0.2, 0) is 17.1 Å². The smallest absolute Gasteiger partial charge is 0.262 e. The minimum Gasteiger partial charge on any atom is -0.337 e. The molecule has 0 radical (unpaired) electrons. The van der Waals surface area contributed by atoms with E-state index in [0.29, 0.717) is 24.2 Å². The third-order valence-corrected chi connectivity index (χ3v) is 7.26. The second kappa shape index (κ2) is 6.67. The number of nitrogens with zero attached hydrogens (tertiary/aromatic N) is 3. The molecule has 1 aliphatic heterocycles. The van der Waals surface area contributed by atoms with Crippen molar-refractivity contribution >= 4 is 21.8 Å². The largest absolute Gasteiger partial charge is 0.337 e. The van der Waals surface area contributed by atoms with Crippen molar-refractivity contribution < 1.29 is 8.42 Å². The molecule has 0 spiro atoms. The van der Waals surface area contributed by atoms with Crippen LogP contribution in [0.4, 0.5) is 0 Å². The standard InChI is InChI=1S/C16H21N3O2S2/c1-13-17-16(12-18(13)2)23(20,21)19-9-8-15(22-11-10-19)14-6-4-3-5-7-14/h3-7,12,15H,8-11H2,1-2H3. The van der Waals surface area contributed by atoms with Crippen LogP contribution >= 0.6 is 11.8 Å². The Balaban J connectivity index is 1.77. The van der Waals surface area contributed by atoms with Gasteiger partial charge in [-0.15, -0.1) is 0 Å². The van der Waals surface area contributed by atoms with E-state index in [2.05, 4.69) is 17.1 Å². The number of benzene rings is 1. The Morgan fingerprint density at radius 2 is 1.96 bits per heavy atom. The highest BCUT2D eigenvalue weighted by atomic mass is 32.2. The molecule has 2 heterocycles. The topological polar surface area (TPSA) is 55.2 Å². The van der Waals surface area contributed by atoms with Crippen LogP contribution in [0.1, 0.15) is 23.1 Å². The normalized spacial score (nSPS) is 20.3. The summed E-state index contributed by atoms with van der Waals surface area (Å²) in [5, 5.41) is 0.502. The van der Waals surface area contributed by atoms with E-state index in [9.17, 15) is 8.42 Å². The lowest BCUT2D eigenvalue weighted by Gasteiger charge is -2.18. The minimum atomic E-state index is -3.50. The van der Waals surface area contributed by atoms with Gasteiger partial charge in [-0.05, 0) is 18.9 Å². The first-order valence-corrected chi connectivity index (χ1v) is 10.1. The Kier molecular flexibility index (Phi) is 4.79. The van der Waals surface area contributed by atoms with E-state index < -0.39 is 10.0 Å². The maximum atomic E-state index is 12.8. The minimum absolute atomic E-state index is 0.153. The summed E-state index contributed by atoms with van der Waals surface area (Å²) in [4.78, 5) is 4.19. The number of aromatic nitrogens is 2. The van der Waals surface area contributed by atoms with E-state index in [-0.39, 0.29) is 5.03 Å². The van der Waals surface area contributed by atoms with E-state index in [1.807, 2.05) is 43.9 Å². The van der Waals surface area contributed by atoms with Crippen molar-refractivity contribution in [3.05, 3.63) is 47.9 Å². The number of sulfonamides is 1. The molecule has 1 aromatic heterocycles. The Hall–Kier alpha value is -1.31. The van der Waals surface area contributed by atoms with Crippen LogP contribution in [0, 0.1) is 6.92 Å². The van der Waals surface area contributed by atoms with Gasteiger partial charge in [0.15, 0.2) is 5.03 Å². The lowest BCUT2D eigenvalue weighted by molar-refractivity contribution is 0.426. The Morgan fingerprint density at radius 3 is 2.61 bits per heavy atom. The number of thioether (sulfide) groups is 1. The van der Waals surface area contributed by atoms with E-state index in [1.165, 1.54) is 5.56 Å². The summed E-state index contributed by atoms with van der Waals surface area (Å²) in [6, 6.07) is 10.3. The quantitative estimate of drug-likeness (QED) is 0.853. The summed E-state index contributed by atoms with van der Waals surface area (Å²) in [7, 11) is -1.69. The van der Waals surface area contributed by atoms with Gasteiger partial charge in [0.25, 0.3) is 10.0 Å². The molecule has 0 amide bonds. The molecule has 0 aliphatic carbocycles. The van der Waals surface area contributed by atoms with Gasteiger partial charge in [-0.25, -0.2) is 13.4 Å². The van der Waals surface area contributed by atoms with Crippen LogP contribution in [0.5, 0.6) is 0 Å². The number of aryl methyl sites for hydroxylation is 2. The number of hydrogen-bond donors (Lipinski definition) is 0.